The lowest BCUT2D eigenvalue weighted by Crippen LogP contribution is -2.07. The summed E-state index contributed by atoms with van der Waals surface area (Å²) in [5.74, 6) is 2.71. The van der Waals surface area contributed by atoms with Crippen molar-refractivity contribution in [2.24, 2.45) is 0 Å². The van der Waals surface area contributed by atoms with Gasteiger partial charge in [0.1, 0.15) is 17.3 Å². The van der Waals surface area contributed by atoms with Gasteiger partial charge in [-0.15, -0.1) is 0 Å². The third-order valence-corrected chi connectivity index (χ3v) is 3.49. The number of aromatic nitrogens is 2. The van der Waals surface area contributed by atoms with Gasteiger partial charge in [0, 0.05) is 18.0 Å². The van der Waals surface area contributed by atoms with Gasteiger partial charge in [-0.2, -0.15) is 4.98 Å². The van der Waals surface area contributed by atoms with Gasteiger partial charge in [0.2, 0.25) is 5.95 Å². The lowest BCUT2D eigenvalue weighted by atomic mass is 10.3. The lowest BCUT2D eigenvalue weighted by Gasteiger charge is -2.15. The van der Waals surface area contributed by atoms with E-state index in [0.29, 0.717) is 11.8 Å². The molecule has 6 heteroatoms. The van der Waals surface area contributed by atoms with Crippen LogP contribution in [0.2, 0.25) is 0 Å². The molecule has 0 saturated carbocycles. The first-order chi connectivity index (χ1) is 12.6. The van der Waals surface area contributed by atoms with E-state index < -0.39 is 0 Å². The first-order valence-electron chi connectivity index (χ1n) is 8.41. The highest BCUT2D eigenvalue weighted by atomic mass is 16.5. The largest absolute Gasteiger partial charge is 0.497 e. The fraction of sp³-hybridized carbons (Fsp3) is 0.200. The standard InChI is InChI=1S/C20H22N4O2/c1-14(2)26-18-10-5-4-9-17(18)23-19-11-12-21-20(24-19)22-15-7-6-8-16(13-15)25-3/h4-14H,1-3H3,(H2,21,22,23,24). The second kappa shape index (κ2) is 8.20. The molecule has 0 saturated heterocycles. The minimum atomic E-state index is 0.0913. The molecule has 2 aromatic carbocycles. The summed E-state index contributed by atoms with van der Waals surface area (Å²) in [5, 5.41) is 6.46. The highest BCUT2D eigenvalue weighted by Gasteiger charge is 2.07. The van der Waals surface area contributed by atoms with E-state index in [9.17, 15) is 0 Å². The summed E-state index contributed by atoms with van der Waals surface area (Å²) in [5.41, 5.74) is 1.71. The van der Waals surface area contributed by atoms with Gasteiger partial charge in [-0.3, -0.25) is 0 Å². The van der Waals surface area contributed by atoms with E-state index in [4.69, 9.17) is 9.47 Å². The summed E-state index contributed by atoms with van der Waals surface area (Å²) in [6, 6.07) is 17.2. The molecule has 6 nitrogen and oxygen atoms in total. The number of methoxy groups -OCH3 is 1. The number of ether oxygens (including phenoxy) is 2. The van der Waals surface area contributed by atoms with Gasteiger partial charge in [-0.05, 0) is 44.2 Å². The van der Waals surface area contributed by atoms with Crippen molar-refractivity contribution in [3.63, 3.8) is 0 Å². The van der Waals surface area contributed by atoms with Crippen LogP contribution in [0.4, 0.5) is 23.1 Å². The Balaban J connectivity index is 1.77. The van der Waals surface area contributed by atoms with Crippen LogP contribution in [0.5, 0.6) is 11.5 Å². The number of rotatable bonds is 7. The molecule has 0 fully saturated rings. The molecule has 0 amide bonds. The van der Waals surface area contributed by atoms with Crippen molar-refractivity contribution in [2.45, 2.75) is 20.0 Å². The SMILES string of the molecule is COc1cccc(Nc2nccc(Nc3ccccc3OC(C)C)n2)c1. The minimum absolute atomic E-state index is 0.0913. The Morgan fingerprint density at radius 3 is 2.62 bits per heavy atom. The second-order valence-electron chi connectivity index (χ2n) is 5.91. The van der Waals surface area contributed by atoms with Gasteiger partial charge < -0.3 is 20.1 Å². The summed E-state index contributed by atoms with van der Waals surface area (Å²) in [4.78, 5) is 8.78. The molecular formula is C20H22N4O2. The van der Waals surface area contributed by atoms with Crippen LogP contribution in [0.15, 0.2) is 60.8 Å². The fourth-order valence-corrected chi connectivity index (χ4v) is 2.38. The quantitative estimate of drug-likeness (QED) is 0.640. The summed E-state index contributed by atoms with van der Waals surface area (Å²) in [6.07, 6.45) is 1.79. The van der Waals surface area contributed by atoms with Crippen LogP contribution < -0.4 is 20.1 Å². The molecule has 134 valence electrons. The number of benzene rings is 2. The molecule has 26 heavy (non-hydrogen) atoms. The molecule has 1 aromatic heterocycles. The van der Waals surface area contributed by atoms with Gasteiger partial charge >= 0.3 is 0 Å². The molecule has 0 atom stereocenters. The van der Waals surface area contributed by atoms with Crippen LogP contribution in [0.3, 0.4) is 0 Å². The van der Waals surface area contributed by atoms with E-state index in [-0.39, 0.29) is 6.10 Å². The third kappa shape index (κ3) is 4.63. The summed E-state index contributed by atoms with van der Waals surface area (Å²) in [7, 11) is 1.64. The minimum Gasteiger partial charge on any atom is -0.497 e. The van der Waals surface area contributed by atoms with Gasteiger partial charge in [0.15, 0.2) is 0 Å². The average molecular weight is 350 g/mol. The van der Waals surface area contributed by atoms with Crippen molar-refractivity contribution >= 4 is 23.1 Å². The molecule has 0 radical (unpaired) electrons. The van der Waals surface area contributed by atoms with Gasteiger partial charge in [0.25, 0.3) is 0 Å². The normalized spacial score (nSPS) is 10.5. The van der Waals surface area contributed by atoms with Crippen LogP contribution >= 0.6 is 0 Å². The Hall–Kier alpha value is -3.28. The van der Waals surface area contributed by atoms with E-state index in [1.54, 1.807) is 13.3 Å². The lowest BCUT2D eigenvalue weighted by molar-refractivity contribution is 0.244. The number of para-hydroxylation sites is 2. The molecule has 3 aromatic rings. The number of nitrogens with one attached hydrogen (secondary N) is 2. The average Bonchev–Trinajstić information content (AvgIpc) is 2.63. The maximum Gasteiger partial charge on any atom is 0.229 e. The van der Waals surface area contributed by atoms with Crippen molar-refractivity contribution in [3.05, 3.63) is 60.8 Å². The highest BCUT2D eigenvalue weighted by molar-refractivity contribution is 5.65. The predicted molar refractivity (Wildman–Crippen MR) is 104 cm³/mol. The molecule has 1 heterocycles. The van der Waals surface area contributed by atoms with Gasteiger partial charge in [-0.1, -0.05) is 18.2 Å². The van der Waals surface area contributed by atoms with Crippen molar-refractivity contribution in [2.75, 3.05) is 17.7 Å². The fourth-order valence-electron chi connectivity index (χ4n) is 2.38. The zero-order valence-electron chi connectivity index (χ0n) is 15.1. The van der Waals surface area contributed by atoms with Crippen LogP contribution in [-0.4, -0.2) is 23.2 Å². The molecule has 0 aliphatic heterocycles. The second-order valence-corrected chi connectivity index (χ2v) is 5.91. The smallest absolute Gasteiger partial charge is 0.229 e. The maximum atomic E-state index is 5.83. The van der Waals surface area contributed by atoms with E-state index in [2.05, 4.69) is 20.6 Å². The van der Waals surface area contributed by atoms with E-state index in [1.807, 2.05) is 68.4 Å². The molecular weight excluding hydrogens is 328 g/mol. The monoisotopic (exact) mass is 350 g/mol. The van der Waals surface area contributed by atoms with E-state index in [1.165, 1.54) is 0 Å². The van der Waals surface area contributed by atoms with E-state index in [0.717, 1.165) is 22.9 Å². The molecule has 0 aliphatic carbocycles. The molecule has 0 bridgehead atoms. The zero-order chi connectivity index (χ0) is 18.4. The van der Waals surface area contributed by atoms with Gasteiger partial charge in [-0.25, -0.2) is 4.98 Å². The molecule has 0 unspecified atom stereocenters. The van der Waals surface area contributed by atoms with E-state index >= 15 is 0 Å². The van der Waals surface area contributed by atoms with Crippen LogP contribution in [0, 0.1) is 0 Å². The zero-order valence-corrected chi connectivity index (χ0v) is 15.1. The van der Waals surface area contributed by atoms with Crippen LogP contribution in [-0.2, 0) is 0 Å². The number of hydrogen-bond donors (Lipinski definition) is 2. The predicted octanol–water partition coefficient (Wildman–Crippen LogP) is 4.76. The van der Waals surface area contributed by atoms with Crippen LogP contribution in [0.25, 0.3) is 0 Å². The number of nitrogens with zero attached hydrogens (tertiary/aromatic N) is 2. The third-order valence-electron chi connectivity index (χ3n) is 3.49. The Labute approximate surface area is 153 Å². The Kier molecular flexibility index (Phi) is 5.53. The Morgan fingerprint density at radius 1 is 0.962 bits per heavy atom. The molecule has 3 rings (SSSR count). The molecule has 0 spiro atoms. The number of hydrogen-bond acceptors (Lipinski definition) is 6. The first kappa shape index (κ1) is 17.5. The topological polar surface area (TPSA) is 68.3 Å². The first-order valence-corrected chi connectivity index (χ1v) is 8.41. The van der Waals surface area contributed by atoms with Crippen LogP contribution in [0.1, 0.15) is 13.8 Å². The van der Waals surface area contributed by atoms with Crippen molar-refractivity contribution in [1.82, 2.24) is 9.97 Å². The summed E-state index contributed by atoms with van der Waals surface area (Å²) in [6.45, 7) is 4.00. The van der Waals surface area contributed by atoms with Crippen molar-refractivity contribution in [1.29, 1.82) is 0 Å². The Bertz CT molecular complexity index is 868. The summed E-state index contributed by atoms with van der Waals surface area (Å²) >= 11 is 0. The maximum absolute atomic E-state index is 5.83. The molecule has 0 aliphatic rings. The van der Waals surface area contributed by atoms with Crippen molar-refractivity contribution < 1.29 is 9.47 Å². The molecule has 2 N–H and O–H groups in total. The summed E-state index contributed by atoms with van der Waals surface area (Å²) < 4.78 is 11.1. The Morgan fingerprint density at radius 2 is 1.81 bits per heavy atom. The van der Waals surface area contributed by atoms with Gasteiger partial charge in [0.05, 0.1) is 18.9 Å². The number of anilines is 4. The van der Waals surface area contributed by atoms with Crippen molar-refractivity contribution in [3.8, 4) is 11.5 Å². The highest BCUT2D eigenvalue weighted by Crippen LogP contribution is 2.28.